The van der Waals surface area contributed by atoms with Gasteiger partial charge in [-0.2, -0.15) is 0 Å². The second kappa shape index (κ2) is 3.52. The van der Waals surface area contributed by atoms with Gasteiger partial charge in [-0.1, -0.05) is 0 Å². The van der Waals surface area contributed by atoms with Crippen LogP contribution >= 0.6 is 0 Å². The molecule has 0 saturated heterocycles. The lowest BCUT2D eigenvalue weighted by atomic mass is 10.8. The molecule has 4 heteroatoms. The topological polar surface area (TPSA) is 26.3 Å². The SMILES string of the molecule is O=COCC(F)F. The van der Waals surface area contributed by atoms with Gasteiger partial charge in [0.15, 0.2) is 6.61 Å². The van der Waals surface area contributed by atoms with Crippen molar-refractivity contribution in [1.29, 1.82) is 0 Å². The first kappa shape index (κ1) is 6.33. The molecule has 0 heterocycles. The van der Waals surface area contributed by atoms with Crippen LogP contribution in [0.25, 0.3) is 0 Å². The third kappa shape index (κ3) is 5.33. The third-order valence-corrected chi connectivity index (χ3v) is 0.290. The Morgan fingerprint density at radius 2 is 2.29 bits per heavy atom. The minimum Gasteiger partial charge on any atom is -0.462 e. The highest BCUT2D eigenvalue weighted by Gasteiger charge is 1.98. The van der Waals surface area contributed by atoms with Crippen molar-refractivity contribution in [2.75, 3.05) is 6.61 Å². The van der Waals surface area contributed by atoms with Gasteiger partial charge in [-0.15, -0.1) is 0 Å². The van der Waals surface area contributed by atoms with Crippen molar-refractivity contribution in [3.8, 4) is 0 Å². The van der Waals surface area contributed by atoms with E-state index in [-0.39, 0.29) is 6.47 Å². The van der Waals surface area contributed by atoms with E-state index in [0.717, 1.165) is 0 Å². The van der Waals surface area contributed by atoms with Crippen LogP contribution in [-0.4, -0.2) is 19.5 Å². The van der Waals surface area contributed by atoms with Crippen LogP contribution < -0.4 is 0 Å². The number of rotatable bonds is 3. The first-order chi connectivity index (χ1) is 3.27. The maximum Gasteiger partial charge on any atom is 0.293 e. The number of halogens is 2. The van der Waals surface area contributed by atoms with Crippen LogP contribution in [0, 0.1) is 0 Å². The Hall–Kier alpha value is -0.670. The summed E-state index contributed by atoms with van der Waals surface area (Å²) in [5.41, 5.74) is 0. The quantitative estimate of drug-likeness (QED) is 0.492. The molecule has 2 nitrogen and oxygen atoms in total. The highest BCUT2D eigenvalue weighted by Crippen LogP contribution is 1.89. The Bertz CT molecular complexity index is 54.9. The first-order valence-corrected chi connectivity index (χ1v) is 1.60. The van der Waals surface area contributed by atoms with Crippen LogP contribution in [0.3, 0.4) is 0 Å². The smallest absolute Gasteiger partial charge is 0.293 e. The van der Waals surface area contributed by atoms with E-state index in [1.807, 2.05) is 0 Å². The van der Waals surface area contributed by atoms with Crippen LogP contribution in [0.15, 0.2) is 0 Å². The predicted molar refractivity (Wildman–Crippen MR) is 18.0 cm³/mol. The molecule has 0 bridgehead atoms. The zero-order valence-electron chi connectivity index (χ0n) is 3.43. The number of hydrogen-bond donors (Lipinski definition) is 0. The molecule has 0 aromatic rings. The van der Waals surface area contributed by atoms with Crippen molar-refractivity contribution in [3.63, 3.8) is 0 Å². The van der Waals surface area contributed by atoms with Gasteiger partial charge >= 0.3 is 0 Å². The molecular formula is C3H4F2O2. The Morgan fingerprint density at radius 3 is 2.43 bits per heavy atom. The fraction of sp³-hybridized carbons (Fsp3) is 0.667. The third-order valence-electron chi connectivity index (χ3n) is 0.290. The van der Waals surface area contributed by atoms with Crippen LogP contribution in [0.5, 0.6) is 0 Å². The zero-order valence-corrected chi connectivity index (χ0v) is 3.43. The normalized spacial score (nSPS) is 9.00. The average Bonchev–Trinajstić information content (AvgIpc) is 1.61. The van der Waals surface area contributed by atoms with Crippen molar-refractivity contribution in [1.82, 2.24) is 0 Å². The maximum absolute atomic E-state index is 10.9. The van der Waals surface area contributed by atoms with Crippen molar-refractivity contribution < 1.29 is 18.3 Å². The average molecular weight is 110 g/mol. The molecule has 0 aliphatic rings. The van der Waals surface area contributed by atoms with E-state index in [1.54, 1.807) is 0 Å². The van der Waals surface area contributed by atoms with Gasteiger partial charge in [0.1, 0.15) is 0 Å². The summed E-state index contributed by atoms with van der Waals surface area (Å²) < 4.78 is 25.5. The van der Waals surface area contributed by atoms with E-state index < -0.39 is 13.0 Å². The Labute approximate surface area is 39.1 Å². The summed E-state index contributed by atoms with van der Waals surface area (Å²) >= 11 is 0. The number of ether oxygens (including phenoxy) is 1. The fourth-order valence-corrected chi connectivity index (χ4v) is 0.112. The molecule has 0 rings (SSSR count). The van der Waals surface area contributed by atoms with Crippen molar-refractivity contribution in [3.05, 3.63) is 0 Å². The molecule has 0 amide bonds. The van der Waals surface area contributed by atoms with Crippen molar-refractivity contribution >= 4 is 6.47 Å². The number of carbonyl (C=O) groups excluding carboxylic acids is 1. The molecule has 0 aliphatic heterocycles. The molecule has 0 unspecified atom stereocenters. The summed E-state index contributed by atoms with van der Waals surface area (Å²) in [4.78, 5) is 9.15. The lowest BCUT2D eigenvalue weighted by molar-refractivity contribution is -0.132. The monoisotopic (exact) mass is 110 g/mol. The highest BCUT2D eigenvalue weighted by molar-refractivity contribution is 5.36. The molecule has 42 valence electrons. The molecular weight excluding hydrogens is 106 g/mol. The predicted octanol–water partition coefficient (Wildman–Crippen LogP) is 0.425. The molecule has 0 spiro atoms. The van der Waals surface area contributed by atoms with E-state index in [2.05, 4.69) is 4.74 Å². The van der Waals surface area contributed by atoms with Gasteiger partial charge in [0, 0.05) is 0 Å². The lowest BCUT2D eigenvalue weighted by Gasteiger charge is -1.91. The van der Waals surface area contributed by atoms with E-state index in [9.17, 15) is 8.78 Å². The van der Waals surface area contributed by atoms with Crippen LogP contribution in [0.2, 0.25) is 0 Å². The number of carbonyl (C=O) groups is 1. The molecule has 0 fully saturated rings. The number of alkyl halides is 2. The largest absolute Gasteiger partial charge is 0.462 e. The van der Waals surface area contributed by atoms with Gasteiger partial charge in [0.05, 0.1) is 0 Å². The fourth-order valence-electron chi connectivity index (χ4n) is 0.112. The molecule has 0 atom stereocenters. The van der Waals surface area contributed by atoms with Gasteiger partial charge < -0.3 is 4.74 Å². The molecule has 0 aliphatic carbocycles. The summed E-state index contributed by atoms with van der Waals surface area (Å²) in [5.74, 6) is 0. The van der Waals surface area contributed by atoms with Crippen molar-refractivity contribution in [2.24, 2.45) is 0 Å². The second-order valence-electron chi connectivity index (χ2n) is 0.821. The highest BCUT2D eigenvalue weighted by atomic mass is 19.3. The zero-order chi connectivity index (χ0) is 5.70. The van der Waals surface area contributed by atoms with Crippen LogP contribution in [0.4, 0.5) is 8.78 Å². The standard InChI is InChI=1S/C3H4F2O2/c4-3(5)1-7-2-6/h2-3H,1H2. The van der Waals surface area contributed by atoms with Crippen LogP contribution in [0.1, 0.15) is 0 Å². The molecule has 0 aromatic carbocycles. The molecule has 0 saturated carbocycles. The summed E-state index contributed by atoms with van der Waals surface area (Å²) in [5, 5.41) is 0. The Balaban J connectivity index is 2.81. The molecule has 0 N–H and O–H groups in total. The van der Waals surface area contributed by atoms with Crippen molar-refractivity contribution in [2.45, 2.75) is 6.43 Å². The molecule has 0 radical (unpaired) electrons. The lowest BCUT2D eigenvalue weighted by Crippen LogP contribution is -2.01. The van der Waals surface area contributed by atoms with Gasteiger partial charge in [-0.25, -0.2) is 8.78 Å². The molecule has 7 heavy (non-hydrogen) atoms. The summed E-state index contributed by atoms with van der Waals surface area (Å²) in [6.45, 7) is -0.810. The van der Waals surface area contributed by atoms with Gasteiger partial charge in [-0.05, 0) is 0 Å². The van der Waals surface area contributed by atoms with E-state index in [1.165, 1.54) is 0 Å². The van der Waals surface area contributed by atoms with E-state index >= 15 is 0 Å². The first-order valence-electron chi connectivity index (χ1n) is 1.60. The molecule has 0 aromatic heterocycles. The van der Waals surface area contributed by atoms with Crippen LogP contribution in [-0.2, 0) is 9.53 Å². The number of hydrogen-bond acceptors (Lipinski definition) is 2. The second-order valence-corrected chi connectivity index (χ2v) is 0.821. The van der Waals surface area contributed by atoms with E-state index in [0.29, 0.717) is 0 Å². The minimum atomic E-state index is -2.55. The Morgan fingerprint density at radius 1 is 1.71 bits per heavy atom. The maximum atomic E-state index is 10.9. The Kier molecular flexibility index (Phi) is 3.18. The summed E-state index contributed by atoms with van der Waals surface area (Å²) in [7, 11) is 0. The van der Waals surface area contributed by atoms with E-state index in [4.69, 9.17) is 4.79 Å². The van der Waals surface area contributed by atoms with Gasteiger partial charge in [0.2, 0.25) is 0 Å². The van der Waals surface area contributed by atoms with Gasteiger partial charge in [-0.3, -0.25) is 4.79 Å². The minimum absolute atomic E-state index is 0.00778. The summed E-state index contributed by atoms with van der Waals surface area (Å²) in [6.07, 6.45) is -2.55. The van der Waals surface area contributed by atoms with Gasteiger partial charge in [0.25, 0.3) is 12.9 Å². The summed E-state index contributed by atoms with van der Waals surface area (Å²) in [6, 6.07) is 0.